The van der Waals surface area contributed by atoms with Gasteiger partial charge in [-0.3, -0.25) is 9.59 Å². The zero-order valence-corrected chi connectivity index (χ0v) is 18.7. The predicted octanol–water partition coefficient (Wildman–Crippen LogP) is 3.64. The number of para-hydroxylation sites is 1. The van der Waals surface area contributed by atoms with Gasteiger partial charge in [0.25, 0.3) is 0 Å². The van der Waals surface area contributed by atoms with Gasteiger partial charge in [-0.15, -0.1) is 0 Å². The van der Waals surface area contributed by atoms with Crippen molar-refractivity contribution in [3.8, 4) is 0 Å². The summed E-state index contributed by atoms with van der Waals surface area (Å²) in [5, 5.41) is 5.65. The maximum Gasteiger partial charge on any atom is 0.242 e. The summed E-state index contributed by atoms with van der Waals surface area (Å²) in [6, 6.07) is 13.9. The third-order valence-electron chi connectivity index (χ3n) is 5.48. The van der Waals surface area contributed by atoms with Gasteiger partial charge in [0, 0.05) is 37.3 Å². The van der Waals surface area contributed by atoms with E-state index in [4.69, 9.17) is 0 Å². The average Bonchev–Trinajstić information content (AvgIpc) is 2.76. The van der Waals surface area contributed by atoms with Crippen LogP contribution in [0.25, 0.3) is 0 Å². The molecule has 0 spiro atoms. The van der Waals surface area contributed by atoms with Gasteiger partial charge in [-0.25, -0.2) is 12.7 Å². The van der Waals surface area contributed by atoms with Gasteiger partial charge in [-0.05, 0) is 49.1 Å². The minimum absolute atomic E-state index is 0.0743. The van der Waals surface area contributed by atoms with E-state index in [1.54, 1.807) is 19.2 Å². The molecular weight excluding hydrogens is 414 g/mol. The molecule has 2 aromatic rings. The highest BCUT2D eigenvalue weighted by Crippen LogP contribution is 2.27. The minimum Gasteiger partial charge on any atom is -0.326 e. The van der Waals surface area contributed by atoms with Crippen molar-refractivity contribution >= 4 is 33.2 Å². The number of carbonyl (C=O) groups is 2. The maximum absolute atomic E-state index is 12.7. The van der Waals surface area contributed by atoms with Crippen molar-refractivity contribution in [2.45, 2.75) is 43.9 Å². The molecule has 0 aliphatic carbocycles. The lowest BCUT2D eigenvalue weighted by molar-refractivity contribution is -0.121. The van der Waals surface area contributed by atoms with E-state index in [1.807, 2.05) is 31.2 Å². The van der Waals surface area contributed by atoms with Crippen molar-refractivity contribution in [1.29, 1.82) is 0 Å². The Kier molecular flexibility index (Phi) is 7.46. The number of nitrogens with zero attached hydrogens (tertiary/aromatic N) is 1. The number of anilines is 2. The molecule has 3 rings (SSSR count). The monoisotopic (exact) mass is 443 g/mol. The van der Waals surface area contributed by atoms with Crippen molar-refractivity contribution in [3.63, 3.8) is 0 Å². The summed E-state index contributed by atoms with van der Waals surface area (Å²) in [6.45, 7) is 2.45. The van der Waals surface area contributed by atoms with Crippen LogP contribution < -0.4 is 10.6 Å². The predicted molar refractivity (Wildman–Crippen MR) is 121 cm³/mol. The van der Waals surface area contributed by atoms with Crippen LogP contribution >= 0.6 is 0 Å². The first-order chi connectivity index (χ1) is 14.8. The molecule has 0 saturated carbocycles. The topological polar surface area (TPSA) is 95.6 Å². The van der Waals surface area contributed by atoms with E-state index in [0.29, 0.717) is 25.1 Å². The van der Waals surface area contributed by atoms with Crippen LogP contribution in [0, 0.1) is 5.92 Å². The summed E-state index contributed by atoms with van der Waals surface area (Å²) in [7, 11) is -2.05. The third-order valence-corrected chi connectivity index (χ3v) is 7.34. The number of unbranched alkanes of at least 4 members (excludes halogenated alkanes) is 1. The molecule has 0 fully saturated rings. The number of hydrogen-bond acceptors (Lipinski definition) is 4. The van der Waals surface area contributed by atoms with Gasteiger partial charge in [0.1, 0.15) is 0 Å². The Morgan fingerprint density at radius 3 is 2.74 bits per heavy atom. The van der Waals surface area contributed by atoms with Crippen molar-refractivity contribution in [1.82, 2.24) is 4.31 Å². The van der Waals surface area contributed by atoms with Crippen LogP contribution in [0.3, 0.4) is 0 Å². The van der Waals surface area contributed by atoms with E-state index >= 15 is 0 Å². The van der Waals surface area contributed by atoms with E-state index in [2.05, 4.69) is 10.6 Å². The Labute approximate surface area is 183 Å². The Bertz CT molecular complexity index is 1050. The standard InChI is InChI=1S/C23H29N3O4S/c1-3-4-14-26(2)31(29,30)20-10-7-9-19(16-20)24-22(27)13-12-18-15-17-8-5-6-11-21(17)25-23(18)28/h5-11,16,18H,3-4,12-15H2,1-2H3,(H,24,27)(H,25,28). The smallest absolute Gasteiger partial charge is 0.242 e. The molecule has 2 N–H and O–H groups in total. The summed E-state index contributed by atoms with van der Waals surface area (Å²) in [5.41, 5.74) is 2.32. The Morgan fingerprint density at radius 1 is 1.19 bits per heavy atom. The van der Waals surface area contributed by atoms with E-state index in [9.17, 15) is 18.0 Å². The van der Waals surface area contributed by atoms with E-state index < -0.39 is 10.0 Å². The summed E-state index contributed by atoms with van der Waals surface area (Å²) < 4.78 is 26.8. The molecule has 166 valence electrons. The van der Waals surface area contributed by atoms with Gasteiger partial charge < -0.3 is 10.6 Å². The molecule has 0 saturated heterocycles. The highest BCUT2D eigenvalue weighted by molar-refractivity contribution is 7.89. The third kappa shape index (κ3) is 5.71. The van der Waals surface area contributed by atoms with Crippen molar-refractivity contribution in [2.75, 3.05) is 24.2 Å². The lowest BCUT2D eigenvalue weighted by Gasteiger charge is -2.24. The van der Waals surface area contributed by atoms with Crippen molar-refractivity contribution in [3.05, 3.63) is 54.1 Å². The first-order valence-corrected chi connectivity index (χ1v) is 12.0. The Balaban J connectivity index is 1.59. The number of benzene rings is 2. The fourth-order valence-electron chi connectivity index (χ4n) is 3.59. The maximum atomic E-state index is 12.7. The van der Waals surface area contributed by atoms with E-state index in [1.165, 1.54) is 16.4 Å². The van der Waals surface area contributed by atoms with Gasteiger partial charge in [0.05, 0.1) is 4.90 Å². The molecule has 7 nitrogen and oxygen atoms in total. The van der Waals surface area contributed by atoms with Crippen molar-refractivity contribution in [2.24, 2.45) is 5.92 Å². The molecule has 8 heteroatoms. The molecule has 1 aliphatic rings. The first-order valence-electron chi connectivity index (χ1n) is 10.6. The van der Waals surface area contributed by atoms with Crippen LogP contribution in [0.15, 0.2) is 53.4 Å². The normalized spacial score (nSPS) is 16.0. The van der Waals surface area contributed by atoms with Crippen LogP contribution in [0.2, 0.25) is 0 Å². The fraction of sp³-hybridized carbons (Fsp3) is 0.391. The second-order valence-electron chi connectivity index (χ2n) is 7.84. The van der Waals surface area contributed by atoms with Crippen molar-refractivity contribution < 1.29 is 18.0 Å². The summed E-state index contributed by atoms with van der Waals surface area (Å²) in [5.74, 6) is -0.588. The molecule has 1 heterocycles. The van der Waals surface area contributed by atoms with Crippen LogP contribution in [0.4, 0.5) is 11.4 Å². The largest absolute Gasteiger partial charge is 0.326 e. The molecule has 1 atom stereocenters. The molecule has 0 radical (unpaired) electrons. The second kappa shape index (κ2) is 10.1. The van der Waals surface area contributed by atoms with Gasteiger partial charge in [0.2, 0.25) is 21.8 Å². The second-order valence-corrected chi connectivity index (χ2v) is 9.89. The number of fused-ring (bicyclic) bond motifs is 1. The van der Waals surface area contributed by atoms with Crippen LogP contribution in [0.5, 0.6) is 0 Å². The van der Waals surface area contributed by atoms with Gasteiger partial charge in [-0.1, -0.05) is 37.6 Å². The highest BCUT2D eigenvalue weighted by atomic mass is 32.2. The van der Waals surface area contributed by atoms with Gasteiger partial charge in [0.15, 0.2) is 0 Å². The SMILES string of the molecule is CCCCN(C)S(=O)(=O)c1cccc(NC(=O)CCC2Cc3ccccc3NC2=O)c1. The Hall–Kier alpha value is -2.71. The van der Waals surface area contributed by atoms with Gasteiger partial charge in [-0.2, -0.15) is 0 Å². The summed E-state index contributed by atoms with van der Waals surface area (Å²) in [4.78, 5) is 24.9. The summed E-state index contributed by atoms with van der Waals surface area (Å²) >= 11 is 0. The van der Waals surface area contributed by atoms with Crippen LogP contribution in [0.1, 0.15) is 38.2 Å². The number of hydrogen-bond donors (Lipinski definition) is 2. The molecule has 1 unspecified atom stereocenters. The molecule has 1 aliphatic heterocycles. The fourth-order valence-corrected chi connectivity index (χ4v) is 4.85. The first kappa shape index (κ1) is 23.0. The lowest BCUT2D eigenvalue weighted by Crippen LogP contribution is -2.30. The zero-order valence-electron chi connectivity index (χ0n) is 17.9. The summed E-state index contributed by atoms with van der Waals surface area (Å²) in [6.07, 6.45) is 2.89. The molecule has 2 aromatic carbocycles. The van der Waals surface area contributed by atoms with Crippen LogP contribution in [-0.2, 0) is 26.0 Å². The molecular formula is C23H29N3O4S. The van der Waals surface area contributed by atoms with Crippen LogP contribution in [-0.4, -0.2) is 38.1 Å². The quantitative estimate of drug-likeness (QED) is 0.619. The highest BCUT2D eigenvalue weighted by Gasteiger charge is 2.26. The minimum atomic E-state index is -3.61. The zero-order chi connectivity index (χ0) is 22.4. The molecule has 2 amide bonds. The average molecular weight is 444 g/mol. The molecule has 31 heavy (non-hydrogen) atoms. The molecule has 0 aromatic heterocycles. The van der Waals surface area contributed by atoms with Gasteiger partial charge >= 0.3 is 0 Å². The number of amides is 2. The number of nitrogens with one attached hydrogen (secondary N) is 2. The lowest BCUT2D eigenvalue weighted by atomic mass is 9.89. The molecule has 0 bridgehead atoms. The number of sulfonamides is 1. The number of carbonyl (C=O) groups excluding carboxylic acids is 2. The number of rotatable bonds is 9. The van der Waals surface area contributed by atoms with E-state index in [-0.39, 0.29) is 29.0 Å². The Morgan fingerprint density at radius 2 is 1.97 bits per heavy atom. The van der Waals surface area contributed by atoms with E-state index in [0.717, 1.165) is 24.1 Å².